The number of hydrogen-bond acceptors (Lipinski definition) is 4. The van der Waals surface area contributed by atoms with Gasteiger partial charge in [0.15, 0.2) is 0 Å². The number of benzene rings is 1. The Hall–Kier alpha value is -2.55. The van der Waals surface area contributed by atoms with E-state index in [2.05, 4.69) is 35.4 Å². The first-order valence-electron chi connectivity index (χ1n) is 6.79. The van der Waals surface area contributed by atoms with Crippen LogP contribution in [0.3, 0.4) is 0 Å². The SMILES string of the molecule is CC(C)(CCC#N)CNc1cccc2c(=O)[nH][nH]c(=O)c12. The number of fused-ring (bicyclic) bond motifs is 1. The van der Waals surface area contributed by atoms with Crippen LogP contribution in [-0.2, 0) is 0 Å². The van der Waals surface area contributed by atoms with Gasteiger partial charge in [0, 0.05) is 18.7 Å². The van der Waals surface area contributed by atoms with Gasteiger partial charge in [-0.05, 0) is 24.0 Å². The highest BCUT2D eigenvalue weighted by Gasteiger charge is 2.18. The molecule has 0 unspecified atom stereocenters. The number of aromatic amines is 2. The van der Waals surface area contributed by atoms with Crippen molar-refractivity contribution < 1.29 is 0 Å². The first-order valence-corrected chi connectivity index (χ1v) is 6.79. The lowest BCUT2D eigenvalue weighted by atomic mass is 9.88. The minimum Gasteiger partial charge on any atom is -0.384 e. The maximum Gasteiger partial charge on any atom is 0.272 e. The van der Waals surface area contributed by atoms with E-state index in [9.17, 15) is 9.59 Å². The molecule has 6 nitrogen and oxygen atoms in total. The third-order valence-corrected chi connectivity index (χ3v) is 3.50. The van der Waals surface area contributed by atoms with E-state index < -0.39 is 0 Å². The van der Waals surface area contributed by atoms with Crippen LogP contribution in [0.2, 0.25) is 0 Å². The number of aromatic nitrogens is 2. The summed E-state index contributed by atoms with van der Waals surface area (Å²) in [6.07, 6.45) is 1.25. The Morgan fingerprint density at radius 3 is 2.67 bits per heavy atom. The standard InChI is InChI=1S/C15H18N4O2/c1-15(2,7-4-8-16)9-17-11-6-3-5-10-12(11)14(21)19-18-13(10)20/h3,5-6,17H,4,7,9H2,1-2H3,(H,18,20)(H,19,21). The summed E-state index contributed by atoms with van der Waals surface area (Å²) < 4.78 is 0. The van der Waals surface area contributed by atoms with Crippen LogP contribution in [0.1, 0.15) is 26.7 Å². The van der Waals surface area contributed by atoms with E-state index in [1.807, 2.05) is 0 Å². The summed E-state index contributed by atoms with van der Waals surface area (Å²) in [7, 11) is 0. The summed E-state index contributed by atoms with van der Waals surface area (Å²) >= 11 is 0. The van der Waals surface area contributed by atoms with E-state index in [-0.39, 0.29) is 16.5 Å². The zero-order valence-corrected chi connectivity index (χ0v) is 12.1. The lowest BCUT2D eigenvalue weighted by Gasteiger charge is -2.24. The molecule has 0 aliphatic carbocycles. The molecule has 21 heavy (non-hydrogen) atoms. The Morgan fingerprint density at radius 1 is 1.24 bits per heavy atom. The zero-order valence-electron chi connectivity index (χ0n) is 12.1. The first kappa shape index (κ1) is 14.9. The molecule has 2 rings (SSSR count). The summed E-state index contributed by atoms with van der Waals surface area (Å²) in [6, 6.07) is 7.27. The average Bonchev–Trinajstić information content (AvgIpc) is 2.47. The second-order valence-corrected chi connectivity index (χ2v) is 5.81. The van der Waals surface area contributed by atoms with Gasteiger partial charge >= 0.3 is 0 Å². The highest BCUT2D eigenvalue weighted by atomic mass is 16.1. The molecule has 1 heterocycles. The summed E-state index contributed by atoms with van der Waals surface area (Å²) in [5.41, 5.74) is -0.101. The van der Waals surface area contributed by atoms with Crippen LogP contribution in [0.25, 0.3) is 10.8 Å². The molecule has 6 heteroatoms. The largest absolute Gasteiger partial charge is 0.384 e. The van der Waals surface area contributed by atoms with Crippen molar-refractivity contribution in [3.05, 3.63) is 38.9 Å². The maximum atomic E-state index is 11.9. The molecule has 0 aliphatic rings. The minimum absolute atomic E-state index is 0.0775. The van der Waals surface area contributed by atoms with Crippen molar-refractivity contribution in [3.63, 3.8) is 0 Å². The Kier molecular flexibility index (Phi) is 4.13. The van der Waals surface area contributed by atoms with Crippen LogP contribution in [-0.4, -0.2) is 16.7 Å². The van der Waals surface area contributed by atoms with Gasteiger partial charge in [0.05, 0.1) is 16.8 Å². The van der Waals surface area contributed by atoms with Gasteiger partial charge in [-0.25, -0.2) is 0 Å². The average molecular weight is 286 g/mol. The van der Waals surface area contributed by atoms with Crippen molar-refractivity contribution in [1.82, 2.24) is 10.2 Å². The maximum absolute atomic E-state index is 11.9. The van der Waals surface area contributed by atoms with Crippen LogP contribution in [0.15, 0.2) is 27.8 Å². The van der Waals surface area contributed by atoms with Gasteiger partial charge in [0.1, 0.15) is 0 Å². The second-order valence-electron chi connectivity index (χ2n) is 5.81. The van der Waals surface area contributed by atoms with Gasteiger partial charge in [-0.3, -0.25) is 19.8 Å². The van der Waals surface area contributed by atoms with Crippen LogP contribution in [0.5, 0.6) is 0 Å². The molecular weight excluding hydrogens is 268 g/mol. The summed E-state index contributed by atoms with van der Waals surface area (Å²) in [4.78, 5) is 23.7. The van der Waals surface area contributed by atoms with Crippen molar-refractivity contribution in [1.29, 1.82) is 5.26 Å². The predicted molar refractivity (Wildman–Crippen MR) is 82.3 cm³/mol. The normalized spacial score (nSPS) is 11.3. The monoisotopic (exact) mass is 286 g/mol. The fraction of sp³-hybridized carbons (Fsp3) is 0.400. The van der Waals surface area contributed by atoms with E-state index in [4.69, 9.17) is 5.26 Å². The molecule has 1 aromatic heterocycles. The molecular formula is C15H18N4O2. The molecule has 0 fully saturated rings. The van der Waals surface area contributed by atoms with Gasteiger partial charge in [-0.15, -0.1) is 0 Å². The highest BCUT2D eigenvalue weighted by molar-refractivity contribution is 5.92. The van der Waals surface area contributed by atoms with Crippen molar-refractivity contribution in [2.24, 2.45) is 5.41 Å². The van der Waals surface area contributed by atoms with E-state index in [1.165, 1.54) is 0 Å². The van der Waals surface area contributed by atoms with Gasteiger partial charge in [0.25, 0.3) is 11.1 Å². The Labute approximate surface area is 121 Å². The third-order valence-electron chi connectivity index (χ3n) is 3.50. The fourth-order valence-electron chi connectivity index (χ4n) is 2.19. The Morgan fingerprint density at radius 2 is 1.95 bits per heavy atom. The van der Waals surface area contributed by atoms with Crippen LogP contribution >= 0.6 is 0 Å². The van der Waals surface area contributed by atoms with E-state index in [0.29, 0.717) is 29.4 Å². The van der Waals surface area contributed by atoms with Gasteiger partial charge in [-0.1, -0.05) is 19.9 Å². The predicted octanol–water partition coefficient (Wildman–Crippen LogP) is 1.96. The fourth-order valence-corrected chi connectivity index (χ4v) is 2.19. The number of nitrogens with one attached hydrogen (secondary N) is 3. The number of anilines is 1. The first-order chi connectivity index (χ1) is 9.94. The molecule has 0 saturated carbocycles. The molecule has 0 radical (unpaired) electrons. The molecule has 0 atom stereocenters. The smallest absolute Gasteiger partial charge is 0.272 e. The van der Waals surface area contributed by atoms with E-state index in [0.717, 1.165) is 6.42 Å². The van der Waals surface area contributed by atoms with Crippen molar-refractivity contribution in [2.45, 2.75) is 26.7 Å². The molecule has 110 valence electrons. The van der Waals surface area contributed by atoms with Crippen LogP contribution in [0, 0.1) is 16.7 Å². The molecule has 1 aromatic carbocycles. The number of nitrogens with zero attached hydrogens (tertiary/aromatic N) is 1. The molecule has 3 N–H and O–H groups in total. The lowest BCUT2D eigenvalue weighted by Crippen LogP contribution is -2.25. The van der Waals surface area contributed by atoms with Gasteiger partial charge in [0.2, 0.25) is 0 Å². The van der Waals surface area contributed by atoms with Crippen LogP contribution in [0.4, 0.5) is 5.69 Å². The number of hydrogen-bond donors (Lipinski definition) is 3. The summed E-state index contributed by atoms with van der Waals surface area (Å²) in [5.74, 6) is 0. The van der Waals surface area contributed by atoms with Crippen molar-refractivity contribution >= 4 is 16.5 Å². The molecule has 0 spiro atoms. The highest BCUT2D eigenvalue weighted by Crippen LogP contribution is 2.24. The number of H-pyrrole nitrogens is 2. The third kappa shape index (κ3) is 3.31. The topological polar surface area (TPSA) is 102 Å². The minimum atomic E-state index is -0.331. The van der Waals surface area contributed by atoms with Gasteiger partial charge < -0.3 is 5.32 Å². The number of nitriles is 1. The van der Waals surface area contributed by atoms with Crippen molar-refractivity contribution in [2.75, 3.05) is 11.9 Å². The molecule has 0 saturated heterocycles. The Balaban J connectivity index is 2.32. The van der Waals surface area contributed by atoms with E-state index in [1.54, 1.807) is 18.2 Å². The number of rotatable bonds is 5. The van der Waals surface area contributed by atoms with E-state index >= 15 is 0 Å². The summed E-state index contributed by atoms with van der Waals surface area (Å²) in [5, 5.41) is 17.3. The molecule has 0 aliphatic heterocycles. The molecule has 2 aromatic rings. The lowest BCUT2D eigenvalue weighted by molar-refractivity contribution is 0.364. The zero-order chi connectivity index (χ0) is 15.5. The van der Waals surface area contributed by atoms with Crippen molar-refractivity contribution in [3.8, 4) is 6.07 Å². The second kappa shape index (κ2) is 5.83. The quantitative estimate of drug-likeness (QED) is 0.782. The van der Waals surface area contributed by atoms with Crippen LogP contribution < -0.4 is 16.4 Å². The Bertz CT molecular complexity index is 796. The molecule has 0 bridgehead atoms. The summed E-state index contributed by atoms with van der Waals surface area (Å²) in [6.45, 7) is 4.72. The van der Waals surface area contributed by atoms with Gasteiger partial charge in [-0.2, -0.15) is 5.26 Å². The molecule has 0 amide bonds.